The maximum Gasteiger partial charge on any atom is 0.251 e. The third-order valence-corrected chi connectivity index (χ3v) is 4.92. The number of benzene rings is 2. The van der Waals surface area contributed by atoms with Crippen LogP contribution in [0.5, 0.6) is 0 Å². The van der Waals surface area contributed by atoms with Crippen molar-refractivity contribution in [1.29, 1.82) is 0 Å². The quantitative estimate of drug-likeness (QED) is 0.656. The number of hydrogen-bond acceptors (Lipinski definition) is 3. The molecule has 0 aromatic heterocycles. The van der Waals surface area contributed by atoms with E-state index in [9.17, 15) is 9.59 Å². The molecule has 0 bridgehead atoms. The second-order valence-electron chi connectivity index (χ2n) is 8.68. The Morgan fingerprint density at radius 1 is 1.00 bits per heavy atom. The van der Waals surface area contributed by atoms with E-state index < -0.39 is 0 Å². The first-order valence-electron chi connectivity index (χ1n) is 10.1. The molecule has 0 saturated heterocycles. The summed E-state index contributed by atoms with van der Waals surface area (Å²) >= 11 is 0. The van der Waals surface area contributed by atoms with E-state index in [1.165, 1.54) is 11.1 Å². The maximum absolute atomic E-state index is 12.4. The van der Waals surface area contributed by atoms with Gasteiger partial charge in [0.1, 0.15) is 0 Å². The third-order valence-electron chi connectivity index (χ3n) is 4.92. The fourth-order valence-corrected chi connectivity index (χ4v) is 3.22. The van der Waals surface area contributed by atoms with E-state index in [4.69, 9.17) is 0 Å². The zero-order valence-corrected chi connectivity index (χ0v) is 18.3. The second kappa shape index (κ2) is 9.70. The highest BCUT2D eigenvalue weighted by Crippen LogP contribution is 2.26. The van der Waals surface area contributed by atoms with E-state index in [1.54, 1.807) is 31.3 Å². The maximum atomic E-state index is 12.4. The summed E-state index contributed by atoms with van der Waals surface area (Å²) in [6.07, 6.45) is 0. The van der Waals surface area contributed by atoms with E-state index >= 15 is 0 Å². The van der Waals surface area contributed by atoms with Gasteiger partial charge >= 0.3 is 0 Å². The Morgan fingerprint density at radius 2 is 1.66 bits per heavy atom. The van der Waals surface area contributed by atoms with Gasteiger partial charge in [0.05, 0.1) is 6.54 Å². The van der Waals surface area contributed by atoms with E-state index in [0.29, 0.717) is 17.2 Å². The van der Waals surface area contributed by atoms with Gasteiger partial charge < -0.3 is 16.0 Å². The van der Waals surface area contributed by atoms with Crippen molar-refractivity contribution in [3.8, 4) is 0 Å². The molecule has 0 aliphatic heterocycles. The van der Waals surface area contributed by atoms with Crippen molar-refractivity contribution in [2.24, 2.45) is 5.92 Å². The summed E-state index contributed by atoms with van der Waals surface area (Å²) in [5, 5.41) is 8.81. The van der Waals surface area contributed by atoms with Gasteiger partial charge in [-0.1, -0.05) is 65.0 Å². The average Bonchev–Trinajstić information content (AvgIpc) is 2.67. The highest BCUT2D eigenvalue weighted by molar-refractivity contribution is 5.97. The molecule has 2 aromatic rings. The Morgan fingerprint density at radius 3 is 2.21 bits per heavy atom. The van der Waals surface area contributed by atoms with Gasteiger partial charge in [0, 0.05) is 24.3 Å². The van der Waals surface area contributed by atoms with Gasteiger partial charge in [0.25, 0.3) is 5.91 Å². The minimum atomic E-state index is -0.183. The number of carbonyl (C=O) groups excluding carboxylic acids is 2. The topological polar surface area (TPSA) is 70.2 Å². The highest BCUT2D eigenvalue weighted by atomic mass is 16.2. The van der Waals surface area contributed by atoms with Gasteiger partial charge in [-0.3, -0.25) is 9.59 Å². The van der Waals surface area contributed by atoms with Crippen molar-refractivity contribution < 1.29 is 9.59 Å². The number of nitrogens with one attached hydrogen (secondary N) is 3. The second-order valence-corrected chi connectivity index (χ2v) is 8.68. The minimum Gasteiger partial charge on any atom is -0.355 e. The summed E-state index contributed by atoms with van der Waals surface area (Å²) in [7, 11) is 1.58. The van der Waals surface area contributed by atoms with Crippen LogP contribution in [0.15, 0.2) is 48.5 Å². The average molecular weight is 396 g/mol. The molecule has 0 unspecified atom stereocenters. The standard InChI is InChI=1S/C24H33N3O2/c1-16(2)22(17-10-12-19(13-11-17)24(3,4)5)26-15-21(28)27-20-9-7-8-18(14-20)23(29)25-6/h7-14,16,22,26H,15H2,1-6H3,(H,25,29)(H,27,28)/t22-/m1/s1. The lowest BCUT2D eigenvalue weighted by Crippen LogP contribution is -2.33. The fraction of sp³-hybridized carbons (Fsp3) is 0.417. The summed E-state index contributed by atoms with van der Waals surface area (Å²) in [6.45, 7) is 11.1. The SMILES string of the molecule is CNC(=O)c1cccc(NC(=O)CN[C@@H](c2ccc(C(C)(C)C)cc2)C(C)C)c1. The Balaban J connectivity index is 2.02. The lowest BCUT2D eigenvalue weighted by atomic mass is 9.85. The molecule has 0 saturated carbocycles. The van der Waals surface area contributed by atoms with Gasteiger partial charge in [0.15, 0.2) is 0 Å². The van der Waals surface area contributed by atoms with Crippen molar-refractivity contribution in [1.82, 2.24) is 10.6 Å². The summed E-state index contributed by atoms with van der Waals surface area (Å²) in [6, 6.07) is 15.6. The van der Waals surface area contributed by atoms with Crippen LogP contribution in [0.2, 0.25) is 0 Å². The molecule has 29 heavy (non-hydrogen) atoms. The first-order chi connectivity index (χ1) is 13.6. The van der Waals surface area contributed by atoms with Crippen LogP contribution in [-0.2, 0) is 10.2 Å². The van der Waals surface area contributed by atoms with Crippen LogP contribution >= 0.6 is 0 Å². The number of amides is 2. The minimum absolute atomic E-state index is 0.0759. The number of rotatable bonds is 7. The fourth-order valence-electron chi connectivity index (χ4n) is 3.22. The van der Waals surface area contributed by atoms with Crippen molar-refractivity contribution in [2.75, 3.05) is 18.9 Å². The van der Waals surface area contributed by atoms with Crippen LogP contribution in [0.4, 0.5) is 5.69 Å². The van der Waals surface area contributed by atoms with Crippen LogP contribution in [0.25, 0.3) is 0 Å². The first kappa shape index (κ1) is 22.6. The molecule has 0 aliphatic rings. The van der Waals surface area contributed by atoms with Gasteiger partial charge in [-0.25, -0.2) is 0 Å². The predicted molar refractivity (Wildman–Crippen MR) is 119 cm³/mol. The molecule has 3 N–H and O–H groups in total. The molecular weight excluding hydrogens is 362 g/mol. The molecule has 2 amide bonds. The zero-order valence-electron chi connectivity index (χ0n) is 18.3. The molecule has 156 valence electrons. The monoisotopic (exact) mass is 395 g/mol. The summed E-state index contributed by atoms with van der Waals surface area (Å²) in [5.74, 6) is 0.00804. The van der Waals surface area contributed by atoms with E-state index in [0.717, 1.165) is 0 Å². The van der Waals surface area contributed by atoms with Gasteiger partial charge in [0.2, 0.25) is 5.91 Å². The summed E-state index contributed by atoms with van der Waals surface area (Å²) in [4.78, 5) is 24.2. The lowest BCUT2D eigenvalue weighted by molar-refractivity contribution is -0.115. The van der Waals surface area contributed by atoms with E-state index in [2.05, 4.69) is 74.8 Å². The predicted octanol–water partition coefficient (Wildman–Crippen LogP) is 4.27. The van der Waals surface area contributed by atoms with Crippen LogP contribution in [0.1, 0.15) is 62.1 Å². The van der Waals surface area contributed by atoms with Crippen LogP contribution in [0, 0.1) is 5.92 Å². The molecule has 0 radical (unpaired) electrons. The van der Waals surface area contributed by atoms with E-state index in [-0.39, 0.29) is 29.8 Å². The Hall–Kier alpha value is -2.66. The molecule has 0 aliphatic carbocycles. The molecule has 1 atom stereocenters. The van der Waals surface area contributed by atoms with Crippen molar-refractivity contribution >= 4 is 17.5 Å². The smallest absolute Gasteiger partial charge is 0.251 e. The Kier molecular flexibility index (Phi) is 7.57. The van der Waals surface area contributed by atoms with Crippen molar-refractivity contribution in [2.45, 2.75) is 46.1 Å². The first-order valence-corrected chi connectivity index (χ1v) is 10.1. The van der Waals surface area contributed by atoms with Gasteiger partial charge in [-0.2, -0.15) is 0 Å². The highest BCUT2D eigenvalue weighted by Gasteiger charge is 2.19. The zero-order chi connectivity index (χ0) is 21.6. The summed E-state index contributed by atoms with van der Waals surface area (Å²) < 4.78 is 0. The van der Waals surface area contributed by atoms with Crippen LogP contribution in [0.3, 0.4) is 0 Å². The normalized spacial score (nSPS) is 12.5. The van der Waals surface area contributed by atoms with Crippen LogP contribution in [-0.4, -0.2) is 25.4 Å². The lowest BCUT2D eigenvalue weighted by Gasteiger charge is -2.25. The molecule has 2 aromatic carbocycles. The van der Waals surface area contributed by atoms with Gasteiger partial charge in [-0.05, 0) is 40.7 Å². The molecule has 5 heteroatoms. The number of anilines is 1. The van der Waals surface area contributed by atoms with Crippen LogP contribution < -0.4 is 16.0 Å². The molecule has 0 heterocycles. The Bertz CT molecular complexity index is 836. The third kappa shape index (κ3) is 6.43. The molecule has 2 rings (SSSR count). The largest absolute Gasteiger partial charge is 0.355 e. The molecule has 0 spiro atoms. The number of hydrogen-bond donors (Lipinski definition) is 3. The van der Waals surface area contributed by atoms with Crippen molar-refractivity contribution in [3.63, 3.8) is 0 Å². The van der Waals surface area contributed by atoms with Gasteiger partial charge in [-0.15, -0.1) is 0 Å². The van der Waals surface area contributed by atoms with Crippen molar-refractivity contribution in [3.05, 3.63) is 65.2 Å². The molecule has 5 nitrogen and oxygen atoms in total. The summed E-state index contributed by atoms with van der Waals surface area (Å²) in [5.41, 5.74) is 3.69. The molecule has 0 fully saturated rings. The number of carbonyl (C=O) groups is 2. The Labute approximate surface area is 174 Å². The van der Waals surface area contributed by atoms with E-state index in [1.807, 2.05) is 0 Å². The molecular formula is C24H33N3O2.